The molecule has 1 aromatic carbocycles. The van der Waals surface area contributed by atoms with Crippen LogP contribution in [-0.2, 0) is 16.9 Å². The van der Waals surface area contributed by atoms with E-state index in [2.05, 4.69) is 15.1 Å². The smallest absolute Gasteiger partial charge is 0.266 e. The second-order valence-corrected chi connectivity index (χ2v) is 7.36. The number of aryl methyl sites for hydroxylation is 1. The van der Waals surface area contributed by atoms with E-state index in [1.165, 1.54) is 19.2 Å². The molecule has 0 atom stereocenters. The number of hydrogen-bond donors (Lipinski definition) is 1. The molecule has 0 unspecified atom stereocenters. The van der Waals surface area contributed by atoms with Crippen molar-refractivity contribution in [2.45, 2.75) is 5.03 Å². The van der Waals surface area contributed by atoms with Gasteiger partial charge in [0.2, 0.25) is 5.95 Å². The molecule has 0 spiro atoms. The van der Waals surface area contributed by atoms with Crippen molar-refractivity contribution >= 4 is 15.8 Å². The zero-order valence-corrected chi connectivity index (χ0v) is 14.4. The highest BCUT2D eigenvalue weighted by molar-refractivity contribution is 7.90. The van der Waals surface area contributed by atoms with Crippen LogP contribution >= 0.6 is 0 Å². The maximum absolute atomic E-state index is 12.3. The van der Waals surface area contributed by atoms with E-state index in [4.69, 9.17) is 5.73 Å². The molecule has 0 radical (unpaired) electrons. The third-order valence-corrected chi connectivity index (χ3v) is 4.51. The second kappa shape index (κ2) is 6.10. The van der Waals surface area contributed by atoms with Gasteiger partial charge in [-0.15, -0.1) is 0 Å². The van der Waals surface area contributed by atoms with E-state index in [0.717, 1.165) is 10.9 Å². The van der Waals surface area contributed by atoms with Gasteiger partial charge >= 0.3 is 0 Å². The first-order chi connectivity index (χ1) is 11.8. The summed E-state index contributed by atoms with van der Waals surface area (Å²) in [6, 6.07) is 11.7. The van der Waals surface area contributed by atoms with Crippen LogP contribution in [0.2, 0.25) is 0 Å². The third kappa shape index (κ3) is 3.26. The van der Waals surface area contributed by atoms with Crippen LogP contribution in [0.15, 0.2) is 52.3 Å². The van der Waals surface area contributed by atoms with Crippen LogP contribution < -0.4 is 11.3 Å². The van der Waals surface area contributed by atoms with Crippen LogP contribution in [0.1, 0.15) is 0 Å². The van der Waals surface area contributed by atoms with Gasteiger partial charge in [-0.2, -0.15) is 5.10 Å². The van der Waals surface area contributed by atoms with Crippen molar-refractivity contribution in [3.8, 4) is 22.5 Å². The van der Waals surface area contributed by atoms with Crippen molar-refractivity contribution in [3.63, 3.8) is 0 Å². The molecule has 2 aromatic heterocycles. The summed E-state index contributed by atoms with van der Waals surface area (Å²) >= 11 is 0. The van der Waals surface area contributed by atoms with E-state index in [9.17, 15) is 13.2 Å². The average Bonchev–Trinajstić information content (AvgIpc) is 2.57. The fourth-order valence-electron chi connectivity index (χ4n) is 2.40. The summed E-state index contributed by atoms with van der Waals surface area (Å²) in [5.74, 6) is -0.159. The Bertz CT molecular complexity index is 1110. The molecule has 25 heavy (non-hydrogen) atoms. The predicted molar refractivity (Wildman–Crippen MR) is 93.5 cm³/mol. The van der Waals surface area contributed by atoms with E-state index in [0.29, 0.717) is 11.3 Å². The topological polar surface area (TPSA) is 121 Å². The highest BCUT2D eigenvalue weighted by Crippen LogP contribution is 2.34. The van der Waals surface area contributed by atoms with E-state index in [1.807, 2.05) is 6.07 Å². The van der Waals surface area contributed by atoms with Crippen LogP contribution in [0, 0.1) is 0 Å². The van der Waals surface area contributed by atoms with E-state index in [-0.39, 0.29) is 27.8 Å². The molecule has 9 heteroatoms. The maximum Gasteiger partial charge on any atom is 0.266 e. The largest absolute Gasteiger partial charge is 0.368 e. The van der Waals surface area contributed by atoms with Crippen molar-refractivity contribution in [2.24, 2.45) is 7.05 Å². The number of anilines is 1. The molecule has 2 heterocycles. The minimum atomic E-state index is -3.72. The number of benzene rings is 1. The van der Waals surface area contributed by atoms with Crippen molar-refractivity contribution in [3.05, 3.63) is 52.8 Å². The Morgan fingerprint density at radius 2 is 1.72 bits per heavy atom. The summed E-state index contributed by atoms with van der Waals surface area (Å²) in [5.41, 5.74) is 6.88. The molecule has 8 nitrogen and oxygen atoms in total. The molecule has 0 aliphatic heterocycles. The highest BCUT2D eigenvalue weighted by Gasteiger charge is 2.24. The van der Waals surface area contributed by atoms with Gasteiger partial charge in [0.15, 0.2) is 14.9 Å². The minimum absolute atomic E-state index is 0.159. The lowest BCUT2D eigenvalue weighted by atomic mass is 10.0. The number of nitrogens with two attached hydrogens (primary N) is 1. The summed E-state index contributed by atoms with van der Waals surface area (Å²) in [6.45, 7) is 0. The summed E-state index contributed by atoms with van der Waals surface area (Å²) in [5, 5.41) is 3.92. The Kier molecular flexibility index (Phi) is 4.09. The first kappa shape index (κ1) is 16.8. The number of sulfone groups is 1. The number of rotatable bonds is 3. The SMILES string of the molecule is Cn1nc(-c2c(-c3ccccc3)nc(N)nc2S(C)(=O)=O)ccc1=O. The molecular weight excluding hydrogens is 342 g/mol. The molecule has 0 amide bonds. The van der Waals surface area contributed by atoms with Crippen molar-refractivity contribution in [1.82, 2.24) is 19.7 Å². The lowest BCUT2D eigenvalue weighted by Crippen LogP contribution is -2.19. The normalized spacial score (nSPS) is 11.4. The Morgan fingerprint density at radius 1 is 1.04 bits per heavy atom. The molecule has 0 saturated heterocycles. The van der Waals surface area contributed by atoms with Crippen molar-refractivity contribution < 1.29 is 8.42 Å². The van der Waals surface area contributed by atoms with Gasteiger partial charge in [0.1, 0.15) is 0 Å². The Labute approximate surface area is 143 Å². The van der Waals surface area contributed by atoms with Gasteiger partial charge in [-0.25, -0.2) is 23.1 Å². The Hall–Kier alpha value is -3.07. The molecule has 128 valence electrons. The lowest BCUT2D eigenvalue weighted by Gasteiger charge is -2.13. The maximum atomic E-state index is 12.3. The fourth-order valence-corrected chi connectivity index (χ4v) is 3.23. The monoisotopic (exact) mass is 357 g/mol. The van der Waals surface area contributed by atoms with Gasteiger partial charge < -0.3 is 5.73 Å². The van der Waals surface area contributed by atoms with Gasteiger partial charge in [-0.3, -0.25) is 4.79 Å². The van der Waals surface area contributed by atoms with Gasteiger partial charge in [-0.05, 0) is 6.07 Å². The summed E-state index contributed by atoms with van der Waals surface area (Å²) in [7, 11) is -2.24. The molecular formula is C16H15N5O3S. The molecule has 2 N–H and O–H groups in total. The molecule has 3 aromatic rings. The molecule has 0 bridgehead atoms. The molecule has 0 saturated carbocycles. The molecule has 0 fully saturated rings. The van der Waals surface area contributed by atoms with Gasteiger partial charge in [0, 0.05) is 24.9 Å². The zero-order chi connectivity index (χ0) is 18.2. The van der Waals surface area contributed by atoms with Crippen molar-refractivity contribution in [2.75, 3.05) is 12.0 Å². The minimum Gasteiger partial charge on any atom is -0.368 e. The van der Waals surface area contributed by atoms with Gasteiger partial charge in [-0.1, -0.05) is 30.3 Å². The Morgan fingerprint density at radius 3 is 2.32 bits per heavy atom. The van der Waals surface area contributed by atoms with Gasteiger partial charge in [0.25, 0.3) is 5.56 Å². The number of aromatic nitrogens is 4. The standard InChI is InChI=1S/C16H15N5O3S/c1-21-12(22)9-8-11(20-21)13-14(10-6-4-3-5-7-10)18-16(17)19-15(13)25(2,23)24/h3-9H,1-2H3,(H2,17,18,19). The molecule has 3 rings (SSSR count). The molecule has 0 aliphatic carbocycles. The van der Waals surface area contributed by atoms with E-state index < -0.39 is 9.84 Å². The predicted octanol–water partition coefficient (Wildman–Crippen LogP) is 0.890. The summed E-state index contributed by atoms with van der Waals surface area (Å²) in [6.07, 6.45) is 1.04. The van der Waals surface area contributed by atoms with Crippen LogP contribution in [0.25, 0.3) is 22.5 Å². The van der Waals surface area contributed by atoms with Gasteiger partial charge in [0.05, 0.1) is 17.0 Å². The van der Waals surface area contributed by atoms with Crippen LogP contribution in [0.3, 0.4) is 0 Å². The average molecular weight is 357 g/mol. The number of nitrogen functional groups attached to an aromatic ring is 1. The third-order valence-electron chi connectivity index (χ3n) is 3.51. The first-order valence-corrected chi connectivity index (χ1v) is 9.14. The first-order valence-electron chi connectivity index (χ1n) is 7.25. The van der Waals surface area contributed by atoms with E-state index in [1.54, 1.807) is 24.3 Å². The summed E-state index contributed by atoms with van der Waals surface area (Å²) < 4.78 is 25.7. The number of hydrogen-bond acceptors (Lipinski definition) is 7. The molecule has 0 aliphatic rings. The number of nitrogens with zero attached hydrogens (tertiary/aromatic N) is 4. The van der Waals surface area contributed by atoms with Crippen LogP contribution in [0.5, 0.6) is 0 Å². The highest BCUT2D eigenvalue weighted by atomic mass is 32.2. The van der Waals surface area contributed by atoms with E-state index >= 15 is 0 Å². The zero-order valence-electron chi connectivity index (χ0n) is 13.5. The van der Waals surface area contributed by atoms with Crippen LogP contribution in [-0.4, -0.2) is 34.4 Å². The second-order valence-electron chi connectivity index (χ2n) is 5.43. The fraction of sp³-hybridized carbons (Fsp3) is 0.125. The lowest BCUT2D eigenvalue weighted by molar-refractivity contribution is 0.598. The summed E-state index contributed by atoms with van der Waals surface area (Å²) in [4.78, 5) is 19.8. The quantitative estimate of drug-likeness (QED) is 0.691. The Balaban J connectivity index is 2.45. The van der Waals surface area contributed by atoms with Crippen molar-refractivity contribution in [1.29, 1.82) is 0 Å². The van der Waals surface area contributed by atoms with Crippen LogP contribution in [0.4, 0.5) is 5.95 Å².